The summed E-state index contributed by atoms with van der Waals surface area (Å²) >= 11 is 0. The molecule has 0 spiro atoms. The van der Waals surface area contributed by atoms with Crippen molar-refractivity contribution in [1.29, 1.82) is 0 Å². The van der Waals surface area contributed by atoms with E-state index in [-0.39, 0.29) is 0 Å². The predicted molar refractivity (Wildman–Crippen MR) is 142 cm³/mol. The molecule has 158 valence electrons. The van der Waals surface area contributed by atoms with Crippen LogP contribution in [0.25, 0.3) is 65.8 Å². The van der Waals surface area contributed by atoms with Gasteiger partial charge in [-0.25, -0.2) is 4.98 Å². The van der Waals surface area contributed by atoms with Gasteiger partial charge in [-0.3, -0.25) is 4.40 Å². The van der Waals surface area contributed by atoms with Crippen molar-refractivity contribution in [2.45, 2.75) is 0 Å². The molecule has 3 heterocycles. The van der Waals surface area contributed by atoms with Crippen molar-refractivity contribution < 1.29 is 0 Å². The lowest BCUT2D eigenvalue weighted by molar-refractivity contribution is 1.19. The first-order chi connectivity index (χ1) is 16.9. The van der Waals surface area contributed by atoms with Crippen molar-refractivity contribution in [2.24, 2.45) is 0 Å². The Bertz CT molecular complexity index is 2060. The summed E-state index contributed by atoms with van der Waals surface area (Å²) < 4.78 is 4.73. The van der Waals surface area contributed by atoms with Gasteiger partial charge in [0, 0.05) is 32.6 Å². The van der Waals surface area contributed by atoms with E-state index in [0.29, 0.717) is 0 Å². The van der Waals surface area contributed by atoms with E-state index in [9.17, 15) is 0 Å². The molecule has 0 bridgehead atoms. The van der Waals surface area contributed by atoms with E-state index in [1.165, 1.54) is 49.2 Å². The third-order valence-corrected chi connectivity index (χ3v) is 7.07. The van der Waals surface area contributed by atoms with Crippen LogP contribution >= 0.6 is 0 Å². The molecule has 0 amide bonds. The van der Waals surface area contributed by atoms with Gasteiger partial charge in [0.25, 0.3) is 0 Å². The van der Waals surface area contributed by atoms with E-state index in [1.54, 1.807) is 0 Å². The van der Waals surface area contributed by atoms with E-state index in [1.807, 2.05) is 0 Å². The topological polar surface area (TPSA) is 22.2 Å². The third-order valence-electron chi connectivity index (χ3n) is 7.07. The lowest BCUT2D eigenvalue weighted by atomic mass is 10.0. The first kappa shape index (κ1) is 17.9. The van der Waals surface area contributed by atoms with Gasteiger partial charge in [-0.05, 0) is 42.5 Å². The Labute approximate surface area is 195 Å². The molecule has 3 heteroatoms. The Morgan fingerprint density at radius 2 is 1.12 bits per heavy atom. The molecule has 0 aliphatic carbocycles. The maximum atomic E-state index is 5.11. The van der Waals surface area contributed by atoms with Gasteiger partial charge in [0.05, 0.1) is 27.6 Å². The molecule has 0 atom stereocenters. The highest BCUT2D eigenvalue weighted by molar-refractivity contribution is 6.27. The van der Waals surface area contributed by atoms with Gasteiger partial charge in [-0.15, -0.1) is 0 Å². The number of rotatable bonds is 1. The zero-order valence-electron chi connectivity index (χ0n) is 18.3. The summed E-state index contributed by atoms with van der Waals surface area (Å²) in [6.45, 7) is 0. The van der Waals surface area contributed by atoms with Crippen molar-refractivity contribution in [2.75, 3.05) is 0 Å². The minimum absolute atomic E-state index is 1.00. The van der Waals surface area contributed by atoms with Crippen LogP contribution < -0.4 is 0 Å². The summed E-state index contributed by atoms with van der Waals surface area (Å²) in [5.41, 5.74) is 7.95. The van der Waals surface area contributed by atoms with Gasteiger partial charge < -0.3 is 4.57 Å². The fourth-order valence-electron chi connectivity index (χ4n) is 5.69. The lowest BCUT2D eigenvalue weighted by Gasteiger charge is -2.13. The summed E-state index contributed by atoms with van der Waals surface area (Å²) in [5, 5.41) is 6.18. The number of imidazole rings is 1. The molecule has 0 saturated carbocycles. The minimum atomic E-state index is 1.00. The number of para-hydroxylation sites is 5. The van der Waals surface area contributed by atoms with Gasteiger partial charge in [0.1, 0.15) is 5.65 Å². The highest BCUT2D eigenvalue weighted by Crippen LogP contribution is 2.41. The van der Waals surface area contributed by atoms with E-state index >= 15 is 0 Å². The molecule has 8 aromatic rings. The molecular weight excluding hydrogens is 414 g/mol. The van der Waals surface area contributed by atoms with Crippen molar-refractivity contribution in [1.82, 2.24) is 14.0 Å². The first-order valence-corrected chi connectivity index (χ1v) is 11.6. The Balaban J connectivity index is 1.73. The number of aromatic nitrogens is 3. The van der Waals surface area contributed by atoms with Gasteiger partial charge in [-0.1, -0.05) is 72.8 Å². The summed E-state index contributed by atoms with van der Waals surface area (Å²) in [5.74, 6) is 0. The Kier molecular flexibility index (Phi) is 3.39. The van der Waals surface area contributed by atoms with Gasteiger partial charge in [-0.2, -0.15) is 0 Å². The molecule has 5 aromatic carbocycles. The van der Waals surface area contributed by atoms with Crippen molar-refractivity contribution in [3.8, 4) is 5.69 Å². The van der Waals surface area contributed by atoms with Crippen LogP contribution in [0.2, 0.25) is 0 Å². The summed E-state index contributed by atoms with van der Waals surface area (Å²) in [7, 11) is 0. The summed E-state index contributed by atoms with van der Waals surface area (Å²) in [6, 6.07) is 41.0. The molecule has 0 aliphatic heterocycles. The van der Waals surface area contributed by atoms with E-state index < -0.39 is 0 Å². The smallest absolute Gasteiger partial charge is 0.146 e. The minimum Gasteiger partial charge on any atom is -0.309 e. The van der Waals surface area contributed by atoms with Crippen LogP contribution in [0.1, 0.15) is 0 Å². The van der Waals surface area contributed by atoms with Gasteiger partial charge in [0.2, 0.25) is 0 Å². The van der Waals surface area contributed by atoms with Crippen LogP contribution in [-0.2, 0) is 0 Å². The average Bonchev–Trinajstić information content (AvgIpc) is 3.46. The van der Waals surface area contributed by atoms with Crippen LogP contribution in [0.15, 0.2) is 115 Å². The van der Waals surface area contributed by atoms with E-state index in [2.05, 4.69) is 124 Å². The molecule has 0 aliphatic rings. The second-order valence-electron chi connectivity index (χ2n) is 8.85. The quantitative estimate of drug-likeness (QED) is 0.241. The number of hydrogen-bond acceptors (Lipinski definition) is 1. The molecule has 0 fully saturated rings. The van der Waals surface area contributed by atoms with Crippen molar-refractivity contribution >= 4 is 60.2 Å². The highest BCUT2D eigenvalue weighted by atomic mass is 15.0. The molecule has 3 nitrogen and oxygen atoms in total. The predicted octanol–water partition coefficient (Wildman–Crippen LogP) is 7.89. The largest absolute Gasteiger partial charge is 0.309 e. The maximum Gasteiger partial charge on any atom is 0.146 e. The molecule has 0 saturated heterocycles. The average molecular weight is 434 g/mol. The van der Waals surface area contributed by atoms with Crippen molar-refractivity contribution in [3.05, 3.63) is 115 Å². The lowest BCUT2D eigenvalue weighted by Crippen LogP contribution is -1.96. The fourth-order valence-corrected chi connectivity index (χ4v) is 5.69. The van der Waals surface area contributed by atoms with Crippen LogP contribution in [0.4, 0.5) is 0 Å². The fraction of sp³-hybridized carbons (Fsp3) is 0. The Morgan fingerprint density at radius 1 is 0.471 bits per heavy atom. The van der Waals surface area contributed by atoms with E-state index in [0.717, 1.165) is 16.7 Å². The Hall–Kier alpha value is -4.63. The third kappa shape index (κ3) is 2.18. The van der Waals surface area contributed by atoms with Gasteiger partial charge in [0.15, 0.2) is 0 Å². The van der Waals surface area contributed by atoms with Crippen LogP contribution in [0.3, 0.4) is 0 Å². The van der Waals surface area contributed by atoms with E-state index in [4.69, 9.17) is 4.98 Å². The van der Waals surface area contributed by atoms with Gasteiger partial charge >= 0.3 is 0 Å². The standard InChI is InChI=1S/C31H19N3/c1-2-10-20(11-3-1)33-26-15-7-4-12-21(26)22-18-19-24-29(30(22)33)23-13-5-8-16-27(23)34-28-17-9-6-14-25(28)32-31(24)34/h1-19H. The number of fused-ring (bicyclic) bond motifs is 12. The number of pyridine rings is 1. The van der Waals surface area contributed by atoms with Crippen LogP contribution in [0.5, 0.6) is 0 Å². The second-order valence-corrected chi connectivity index (χ2v) is 8.85. The number of benzene rings is 5. The molecule has 0 N–H and O–H groups in total. The Morgan fingerprint density at radius 3 is 1.97 bits per heavy atom. The SMILES string of the molecule is c1ccc(-n2c3ccccc3c3ccc4c(c5ccccc5n5c6ccccc6nc45)c32)cc1. The highest BCUT2D eigenvalue weighted by Gasteiger charge is 2.20. The van der Waals surface area contributed by atoms with Crippen LogP contribution in [-0.4, -0.2) is 14.0 Å². The summed E-state index contributed by atoms with van der Waals surface area (Å²) in [4.78, 5) is 5.11. The normalized spacial score (nSPS) is 12.1. The molecular formula is C31H19N3. The van der Waals surface area contributed by atoms with Crippen LogP contribution in [0, 0.1) is 0 Å². The summed E-state index contributed by atoms with van der Waals surface area (Å²) in [6.07, 6.45) is 0. The first-order valence-electron chi connectivity index (χ1n) is 11.6. The molecule has 0 radical (unpaired) electrons. The molecule has 34 heavy (non-hydrogen) atoms. The zero-order valence-corrected chi connectivity index (χ0v) is 18.3. The monoisotopic (exact) mass is 433 g/mol. The second kappa shape index (κ2) is 6.46. The molecule has 0 unspecified atom stereocenters. The maximum absolute atomic E-state index is 5.11. The van der Waals surface area contributed by atoms with Crippen molar-refractivity contribution in [3.63, 3.8) is 0 Å². The zero-order chi connectivity index (χ0) is 22.2. The number of nitrogens with zero attached hydrogens (tertiary/aromatic N) is 3. The molecule has 3 aromatic heterocycles. The molecule has 8 rings (SSSR count). The number of hydrogen-bond donors (Lipinski definition) is 0.